The van der Waals surface area contributed by atoms with Gasteiger partial charge in [0, 0.05) is 48.0 Å². The van der Waals surface area contributed by atoms with Gasteiger partial charge in [-0.25, -0.2) is 9.18 Å². The van der Waals surface area contributed by atoms with Gasteiger partial charge in [0.1, 0.15) is 5.82 Å². The Kier molecular flexibility index (Phi) is 4.39. The third kappa shape index (κ3) is 3.02. The van der Waals surface area contributed by atoms with Crippen LogP contribution in [-0.2, 0) is 6.54 Å². The number of aromatic amines is 1. The van der Waals surface area contributed by atoms with Crippen molar-refractivity contribution in [3.8, 4) is 0 Å². The molecule has 5 rings (SSSR count). The van der Waals surface area contributed by atoms with E-state index in [9.17, 15) is 9.18 Å². The van der Waals surface area contributed by atoms with Gasteiger partial charge in [-0.3, -0.25) is 0 Å². The normalized spacial score (nSPS) is 19.0. The number of halogens is 2. The first-order chi connectivity index (χ1) is 14.0. The number of H-pyrrole nitrogens is 1. The Balaban J connectivity index is 1.60. The molecule has 3 heterocycles. The summed E-state index contributed by atoms with van der Waals surface area (Å²) in [6.45, 7) is 2.58. The molecule has 29 heavy (non-hydrogen) atoms. The van der Waals surface area contributed by atoms with Crippen LogP contribution in [0.5, 0.6) is 0 Å². The monoisotopic (exact) mass is 412 g/mol. The van der Waals surface area contributed by atoms with Crippen molar-refractivity contribution in [1.29, 1.82) is 0 Å². The molecule has 0 bridgehead atoms. The molecule has 7 heteroatoms. The molecule has 1 saturated heterocycles. The minimum Gasteiger partial charge on any atom is -0.372 e. The number of carbonyl (C=O) groups is 1. The van der Waals surface area contributed by atoms with Crippen LogP contribution in [0.3, 0.4) is 0 Å². The number of primary amides is 1. The van der Waals surface area contributed by atoms with Crippen molar-refractivity contribution in [3.63, 3.8) is 0 Å². The van der Waals surface area contributed by atoms with Gasteiger partial charge in [0.15, 0.2) is 0 Å². The molecule has 0 radical (unpaired) electrons. The highest BCUT2D eigenvalue weighted by atomic mass is 35.5. The maximum atomic E-state index is 13.9. The lowest BCUT2D eigenvalue weighted by Gasteiger charge is -2.29. The van der Waals surface area contributed by atoms with Crippen LogP contribution in [0.4, 0.5) is 14.9 Å². The standard InChI is InChI=1S/C22H22ClFN4O/c23-18-9-16-17(11-26-20(16)10-19(18)24)21-15-5-4-14(27-6-2-1-3-7-27)8-13(15)12-28(21)22(25)29/h4-5,8-11,21,26H,1-3,6-7,12H2,(H2,25,29). The lowest BCUT2D eigenvalue weighted by atomic mass is 9.96. The average Bonchev–Trinajstić information content (AvgIpc) is 3.29. The van der Waals surface area contributed by atoms with E-state index in [4.69, 9.17) is 17.3 Å². The second-order valence-corrected chi connectivity index (χ2v) is 8.26. The van der Waals surface area contributed by atoms with Gasteiger partial charge in [-0.15, -0.1) is 0 Å². The zero-order valence-electron chi connectivity index (χ0n) is 15.9. The summed E-state index contributed by atoms with van der Waals surface area (Å²) in [5, 5.41) is 0.850. The molecule has 3 aromatic rings. The minimum absolute atomic E-state index is 0.0580. The van der Waals surface area contributed by atoms with E-state index < -0.39 is 11.8 Å². The fraction of sp³-hybridized carbons (Fsp3) is 0.318. The van der Waals surface area contributed by atoms with Gasteiger partial charge in [-0.1, -0.05) is 17.7 Å². The Labute approximate surface area is 173 Å². The van der Waals surface area contributed by atoms with Crippen molar-refractivity contribution >= 4 is 34.2 Å². The number of anilines is 1. The van der Waals surface area contributed by atoms with E-state index in [-0.39, 0.29) is 11.1 Å². The number of piperidine rings is 1. The van der Waals surface area contributed by atoms with E-state index >= 15 is 0 Å². The van der Waals surface area contributed by atoms with Crippen LogP contribution in [0.1, 0.15) is 42.0 Å². The second-order valence-electron chi connectivity index (χ2n) is 7.86. The summed E-state index contributed by atoms with van der Waals surface area (Å²) in [6.07, 6.45) is 5.51. The van der Waals surface area contributed by atoms with Gasteiger partial charge in [0.25, 0.3) is 0 Å². The lowest BCUT2D eigenvalue weighted by Crippen LogP contribution is -2.34. The van der Waals surface area contributed by atoms with Crippen LogP contribution >= 0.6 is 11.6 Å². The van der Waals surface area contributed by atoms with Crippen LogP contribution in [-0.4, -0.2) is 29.0 Å². The summed E-state index contributed by atoms with van der Waals surface area (Å²) >= 11 is 6.03. The molecule has 1 fully saturated rings. The molecular formula is C22H22ClFN4O. The number of nitrogens with two attached hydrogens (primary N) is 1. The zero-order valence-corrected chi connectivity index (χ0v) is 16.7. The number of nitrogens with zero attached hydrogens (tertiary/aromatic N) is 2. The van der Waals surface area contributed by atoms with Gasteiger partial charge in [0.2, 0.25) is 0 Å². The molecule has 2 aliphatic rings. The van der Waals surface area contributed by atoms with E-state index in [1.807, 2.05) is 6.20 Å². The molecule has 2 aromatic carbocycles. The van der Waals surface area contributed by atoms with E-state index in [0.29, 0.717) is 12.1 Å². The van der Waals surface area contributed by atoms with Crippen molar-refractivity contribution < 1.29 is 9.18 Å². The summed E-state index contributed by atoms with van der Waals surface area (Å²) < 4.78 is 13.9. The first kappa shape index (κ1) is 18.3. The topological polar surface area (TPSA) is 65.4 Å². The van der Waals surface area contributed by atoms with Crippen molar-refractivity contribution in [2.45, 2.75) is 31.8 Å². The maximum Gasteiger partial charge on any atom is 0.315 e. The Bertz CT molecular complexity index is 1110. The highest BCUT2D eigenvalue weighted by molar-refractivity contribution is 6.31. The first-order valence-corrected chi connectivity index (χ1v) is 10.3. The molecule has 0 spiro atoms. The third-order valence-corrected chi connectivity index (χ3v) is 6.42. The van der Waals surface area contributed by atoms with Crippen molar-refractivity contribution in [2.75, 3.05) is 18.0 Å². The van der Waals surface area contributed by atoms with E-state index in [0.717, 1.165) is 35.2 Å². The Morgan fingerprint density at radius 3 is 2.69 bits per heavy atom. The van der Waals surface area contributed by atoms with Gasteiger partial charge in [-0.05, 0) is 54.7 Å². The summed E-state index contributed by atoms with van der Waals surface area (Å²) in [6, 6.07) is 8.59. The number of carbonyl (C=O) groups excluding carboxylic acids is 1. The van der Waals surface area contributed by atoms with Gasteiger partial charge >= 0.3 is 6.03 Å². The number of nitrogens with one attached hydrogen (secondary N) is 1. The van der Waals surface area contributed by atoms with E-state index in [1.54, 1.807) is 11.0 Å². The molecule has 0 saturated carbocycles. The smallest absolute Gasteiger partial charge is 0.315 e. The SMILES string of the molecule is NC(=O)N1Cc2cc(N3CCCCC3)ccc2C1c1c[nH]c2cc(F)c(Cl)cc12. The summed E-state index contributed by atoms with van der Waals surface area (Å²) in [5.41, 5.74) is 10.6. The molecule has 1 unspecified atom stereocenters. The molecule has 3 N–H and O–H groups in total. The first-order valence-electron chi connectivity index (χ1n) is 9.93. The average molecular weight is 413 g/mol. The van der Waals surface area contributed by atoms with Crippen molar-refractivity contribution in [1.82, 2.24) is 9.88 Å². The number of benzene rings is 2. The molecule has 150 valence electrons. The largest absolute Gasteiger partial charge is 0.372 e. The number of urea groups is 1. The molecular weight excluding hydrogens is 391 g/mol. The van der Waals surface area contributed by atoms with Crippen LogP contribution in [0.25, 0.3) is 10.9 Å². The fourth-order valence-corrected chi connectivity index (χ4v) is 4.86. The predicted octanol–water partition coefficient (Wildman–Crippen LogP) is 4.93. The van der Waals surface area contributed by atoms with Crippen LogP contribution in [0.15, 0.2) is 36.5 Å². The Morgan fingerprint density at radius 2 is 1.93 bits per heavy atom. The highest BCUT2D eigenvalue weighted by Gasteiger charge is 2.35. The van der Waals surface area contributed by atoms with Gasteiger partial charge in [0.05, 0.1) is 11.1 Å². The Hall–Kier alpha value is -2.73. The summed E-state index contributed by atoms with van der Waals surface area (Å²) in [5.74, 6) is -0.475. The zero-order chi connectivity index (χ0) is 20.1. The van der Waals surface area contributed by atoms with E-state index in [1.165, 1.54) is 31.0 Å². The number of rotatable bonds is 2. The second kappa shape index (κ2) is 6.95. The molecule has 0 aliphatic carbocycles. The molecule has 2 aliphatic heterocycles. The quantitative estimate of drug-likeness (QED) is 0.626. The minimum atomic E-state index is -0.478. The summed E-state index contributed by atoms with van der Waals surface area (Å²) in [7, 11) is 0. The van der Waals surface area contributed by atoms with Crippen LogP contribution in [0.2, 0.25) is 5.02 Å². The number of aromatic nitrogens is 1. The number of amides is 2. The molecule has 2 amide bonds. The van der Waals surface area contributed by atoms with Gasteiger partial charge < -0.3 is 20.5 Å². The molecule has 1 aromatic heterocycles. The van der Waals surface area contributed by atoms with Crippen LogP contribution in [0, 0.1) is 5.82 Å². The maximum absolute atomic E-state index is 13.9. The third-order valence-electron chi connectivity index (χ3n) is 6.13. The number of fused-ring (bicyclic) bond motifs is 2. The van der Waals surface area contributed by atoms with Crippen molar-refractivity contribution in [2.24, 2.45) is 5.73 Å². The number of hydrogen-bond acceptors (Lipinski definition) is 2. The predicted molar refractivity (Wildman–Crippen MR) is 113 cm³/mol. The van der Waals surface area contributed by atoms with Crippen molar-refractivity contribution in [3.05, 3.63) is 64.1 Å². The summed E-state index contributed by atoms with van der Waals surface area (Å²) in [4.78, 5) is 19.4. The van der Waals surface area contributed by atoms with Crippen LogP contribution < -0.4 is 10.6 Å². The van der Waals surface area contributed by atoms with Gasteiger partial charge in [-0.2, -0.15) is 0 Å². The van der Waals surface area contributed by atoms with E-state index in [2.05, 4.69) is 28.1 Å². The number of hydrogen-bond donors (Lipinski definition) is 2. The Morgan fingerprint density at radius 1 is 1.14 bits per heavy atom. The molecule has 5 nitrogen and oxygen atoms in total. The fourth-order valence-electron chi connectivity index (χ4n) is 4.69. The highest BCUT2D eigenvalue weighted by Crippen LogP contribution is 2.43. The lowest BCUT2D eigenvalue weighted by molar-refractivity contribution is 0.199. The molecule has 1 atom stereocenters.